The number of carbonyl (C=O) groups is 2. The van der Waals surface area contributed by atoms with E-state index in [1.165, 1.54) is 0 Å². The molecule has 4 N–H and O–H groups in total. The Morgan fingerprint density at radius 1 is 1.33 bits per heavy atom. The summed E-state index contributed by atoms with van der Waals surface area (Å²) in [6, 6.07) is 9.49. The maximum absolute atomic E-state index is 12.5. The van der Waals surface area contributed by atoms with Gasteiger partial charge in [-0.3, -0.25) is 4.79 Å². The van der Waals surface area contributed by atoms with Gasteiger partial charge in [0.05, 0.1) is 23.3 Å². The summed E-state index contributed by atoms with van der Waals surface area (Å²) < 4.78 is 7.23. The van der Waals surface area contributed by atoms with E-state index in [1.54, 1.807) is 13.0 Å². The monoisotopic (exact) mass is 367 g/mol. The number of hydrogen-bond donors (Lipinski definition) is 3. The highest BCUT2D eigenvalue weighted by Crippen LogP contribution is 2.40. The summed E-state index contributed by atoms with van der Waals surface area (Å²) in [4.78, 5) is 25.0. The van der Waals surface area contributed by atoms with Gasteiger partial charge in [0, 0.05) is 28.4 Å². The average Bonchev–Trinajstić information content (AvgIpc) is 3.13. The molecule has 2 heterocycles. The van der Waals surface area contributed by atoms with Gasteiger partial charge in [0.15, 0.2) is 6.23 Å². The van der Waals surface area contributed by atoms with Crippen LogP contribution in [0.1, 0.15) is 45.9 Å². The zero-order valence-corrected chi connectivity index (χ0v) is 15.0. The zero-order chi connectivity index (χ0) is 19.1. The third kappa shape index (κ3) is 2.58. The number of fused-ring (bicyclic) bond motifs is 5. The summed E-state index contributed by atoms with van der Waals surface area (Å²) in [6.45, 7) is 3.11. The van der Waals surface area contributed by atoms with Crippen molar-refractivity contribution < 1.29 is 19.4 Å². The van der Waals surface area contributed by atoms with Crippen LogP contribution in [0, 0.1) is 0 Å². The molecule has 1 atom stereocenters. The minimum absolute atomic E-state index is 0.171. The molecular weight excluding hydrogens is 346 g/mol. The van der Waals surface area contributed by atoms with Crippen LogP contribution < -0.4 is 11.1 Å². The Morgan fingerprint density at radius 2 is 2.11 bits per heavy atom. The Bertz CT molecular complexity index is 1070. The fourth-order valence-electron chi connectivity index (χ4n) is 3.88. The van der Waals surface area contributed by atoms with Crippen molar-refractivity contribution in [2.24, 2.45) is 5.73 Å². The van der Waals surface area contributed by atoms with Crippen molar-refractivity contribution >= 4 is 33.7 Å². The number of rotatable bonds is 5. The maximum Gasteiger partial charge on any atom is 0.339 e. The van der Waals surface area contributed by atoms with Crippen LogP contribution in [0.5, 0.6) is 0 Å². The van der Waals surface area contributed by atoms with Gasteiger partial charge >= 0.3 is 5.97 Å². The van der Waals surface area contributed by atoms with E-state index in [0.29, 0.717) is 18.7 Å². The van der Waals surface area contributed by atoms with Crippen molar-refractivity contribution in [1.82, 2.24) is 9.88 Å². The molecule has 0 bridgehead atoms. The lowest BCUT2D eigenvalue weighted by Crippen LogP contribution is -2.19. The lowest BCUT2D eigenvalue weighted by atomic mass is 9.96. The van der Waals surface area contributed by atoms with Crippen LogP contribution >= 0.6 is 0 Å². The van der Waals surface area contributed by atoms with Crippen LogP contribution in [0.15, 0.2) is 30.3 Å². The summed E-state index contributed by atoms with van der Waals surface area (Å²) in [6.07, 6.45) is -0.405. The number of ether oxygens (including phenoxy) is 1. The summed E-state index contributed by atoms with van der Waals surface area (Å²) in [5.74, 6) is -1.04. The number of para-hydroxylation sites is 1. The van der Waals surface area contributed by atoms with E-state index in [2.05, 4.69) is 9.88 Å². The molecule has 0 spiro atoms. The molecule has 4 rings (SSSR count). The third-order valence-corrected chi connectivity index (χ3v) is 4.95. The van der Waals surface area contributed by atoms with Gasteiger partial charge in [-0.05, 0) is 32.0 Å². The van der Waals surface area contributed by atoms with Gasteiger partial charge < -0.3 is 25.5 Å². The van der Waals surface area contributed by atoms with Crippen molar-refractivity contribution in [1.29, 1.82) is 0 Å². The summed E-state index contributed by atoms with van der Waals surface area (Å²) in [5.41, 5.74) is 8.24. The summed E-state index contributed by atoms with van der Waals surface area (Å²) >= 11 is 0. The number of esters is 1. The van der Waals surface area contributed by atoms with Gasteiger partial charge in [-0.1, -0.05) is 18.2 Å². The van der Waals surface area contributed by atoms with Crippen molar-refractivity contribution in [3.8, 4) is 0 Å². The zero-order valence-electron chi connectivity index (χ0n) is 15.0. The highest BCUT2D eigenvalue weighted by molar-refractivity contribution is 6.19. The van der Waals surface area contributed by atoms with E-state index < -0.39 is 18.1 Å². The molecule has 0 saturated heterocycles. The molecule has 7 heteroatoms. The number of aliphatic hydroxyl groups excluding tert-OH is 1. The van der Waals surface area contributed by atoms with Gasteiger partial charge in [0.1, 0.15) is 0 Å². The largest absolute Gasteiger partial charge is 0.462 e. The van der Waals surface area contributed by atoms with Crippen LogP contribution in [0.4, 0.5) is 0 Å². The molecule has 1 aromatic heterocycles. The van der Waals surface area contributed by atoms with Crippen molar-refractivity contribution in [2.75, 3.05) is 13.2 Å². The number of amides is 1. The Kier molecular flexibility index (Phi) is 4.33. The molecule has 1 unspecified atom stereocenters. The lowest BCUT2D eigenvalue weighted by Gasteiger charge is -2.11. The van der Waals surface area contributed by atoms with Gasteiger partial charge in [0.25, 0.3) is 5.91 Å². The van der Waals surface area contributed by atoms with Crippen LogP contribution in [-0.2, 0) is 11.3 Å². The first kappa shape index (κ1) is 17.5. The first-order valence-corrected chi connectivity index (χ1v) is 9.02. The molecule has 0 aliphatic carbocycles. The first-order valence-electron chi connectivity index (χ1n) is 9.02. The van der Waals surface area contributed by atoms with Crippen LogP contribution in [0.2, 0.25) is 0 Å². The molecule has 27 heavy (non-hydrogen) atoms. The van der Waals surface area contributed by atoms with Crippen molar-refractivity contribution in [2.45, 2.75) is 26.1 Å². The lowest BCUT2D eigenvalue weighted by molar-refractivity contribution is 0.0523. The molecule has 0 fully saturated rings. The molecule has 3 aromatic rings. The number of nitrogens with one attached hydrogen (secondary N) is 1. The molecule has 7 nitrogen and oxygen atoms in total. The Hall–Kier alpha value is -2.90. The van der Waals surface area contributed by atoms with E-state index in [-0.39, 0.29) is 17.7 Å². The van der Waals surface area contributed by atoms with Crippen LogP contribution in [0.25, 0.3) is 21.8 Å². The minimum atomic E-state index is -1.17. The number of aliphatic hydroxyl groups is 1. The molecule has 1 amide bonds. The van der Waals surface area contributed by atoms with Gasteiger partial charge in [-0.25, -0.2) is 4.79 Å². The smallest absolute Gasteiger partial charge is 0.339 e. The molecular formula is C20H21N3O4. The van der Waals surface area contributed by atoms with E-state index in [0.717, 1.165) is 28.2 Å². The summed E-state index contributed by atoms with van der Waals surface area (Å²) in [5, 5.41) is 14.7. The SMILES string of the molecule is CCOC(=O)c1cc2c(c3c1C(=O)NC3O)c1ccccc1n2CCCN. The van der Waals surface area contributed by atoms with E-state index in [4.69, 9.17) is 10.5 Å². The number of aryl methyl sites for hydroxylation is 1. The Balaban J connectivity index is 2.13. The standard InChI is InChI=1S/C20H21N3O4/c1-2-27-20(26)12-10-14-15(17-16(12)18(24)22-19(17)25)11-6-3-4-7-13(11)23(14)9-5-8-21/h3-4,6-7,10,19,25H,2,5,8-9,21H2,1H3,(H,22,24). The molecule has 0 saturated carbocycles. The number of hydrogen-bond acceptors (Lipinski definition) is 5. The third-order valence-electron chi connectivity index (χ3n) is 4.95. The van der Waals surface area contributed by atoms with Gasteiger partial charge in [-0.2, -0.15) is 0 Å². The molecule has 0 radical (unpaired) electrons. The van der Waals surface area contributed by atoms with Crippen molar-refractivity contribution in [3.05, 3.63) is 47.0 Å². The number of nitrogens with zero attached hydrogens (tertiary/aromatic N) is 1. The van der Waals surface area contributed by atoms with E-state index in [1.807, 2.05) is 24.3 Å². The van der Waals surface area contributed by atoms with E-state index in [9.17, 15) is 14.7 Å². The summed E-state index contributed by atoms with van der Waals surface area (Å²) in [7, 11) is 0. The molecule has 140 valence electrons. The number of benzene rings is 2. The second-order valence-corrected chi connectivity index (χ2v) is 6.51. The fourth-order valence-corrected chi connectivity index (χ4v) is 3.88. The van der Waals surface area contributed by atoms with Crippen molar-refractivity contribution in [3.63, 3.8) is 0 Å². The number of carbonyl (C=O) groups excluding carboxylic acids is 2. The quantitative estimate of drug-likeness (QED) is 0.599. The highest BCUT2D eigenvalue weighted by Gasteiger charge is 2.36. The second-order valence-electron chi connectivity index (χ2n) is 6.51. The Labute approximate surface area is 155 Å². The van der Waals surface area contributed by atoms with E-state index >= 15 is 0 Å². The van der Waals surface area contributed by atoms with Crippen LogP contribution in [-0.4, -0.2) is 34.7 Å². The molecule has 2 aromatic carbocycles. The predicted octanol–water partition coefficient (Wildman–Crippen LogP) is 2.05. The van der Waals surface area contributed by atoms with Crippen LogP contribution in [0.3, 0.4) is 0 Å². The predicted molar refractivity (Wildman–Crippen MR) is 101 cm³/mol. The normalized spacial score (nSPS) is 16.0. The fraction of sp³-hybridized carbons (Fsp3) is 0.300. The first-order chi connectivity index (χ1) is 13.1. The number of nitrogens with two attached hydrogens (primary N) is 1. The minimum Gasteiger partial charge on any atom is -0.462 e. The topological polar surface area (TPSA) is 107 Å². The second kappa shape index (κ2) is 6.68. The maximum atomic E-state index is 12.5. The average molecular weight is 367 g/mol. The van der Waals surface area contributed by atoms with Gasteiger partial charge in [-0.15, -0.1) is 0 Å². The highest BCUT2D eigenvalue weighted by atomic mass is 16.5. The molecule has 1 aliphatic heterocycles. The number of aromatic nitrogens is 1. The molecule has 1 aliphatic rings. The van der Waals surface area contributed by atoms with Gasteiger partial charge in [0.2, 0.25) is 0 Å². The Morgan fingerprint density at radius 3 is 2.85 bits per heavy atom.